The second-order valence-electron chi connectivity index (χ2n) is 9.02. The summed E-state index contributed by atoms with van der Waals surface area (Å²) >= 11 is 0. The Hall–Kier alpha value is -2.90. The highest BCUT2D eigenvalue weighted by molar-refractivity contribution is 7.89. The van der Waals surface area contributed by atoms with Crippen LogP contribution in [0.1, 0.15) is 36.1 Å². The number of piperidine rings is 1. The Kier molecular flexibility index (Phi) is 4.35. The number of nitrogens with zero attached hydrogens (tertiary/aromatic N) is 3. The molecule has 6 rings (SSSR count). The van der Waals surface area contributed by atoms with Crippen LogP contribution >= 0.6 is 0 Å². The van der Waals surface area contributed by atoms with Crippen LogP contribution in [-0.4, -0.2) is 41.2 Å². The number of hydrogen-bond donors (Lipinski definition) is 0. The first-order chi connectivity index (χ1) is 15.4. The van der Waals surface area contributed by atoms with Crippen LogP contribution in [0.4, 0.5) is 0 Å². The normalized spacial score (nSPS) is 19.8. The van der Waals surface area contributed by atoms with E-state index >= 15 is 0 Å². The quantitative estimate of drug-likeness (QED) is 0.480. The standard InChI is InChI=1S/C25H25N3O3S/c1-32(30,31)28-22-11-3-2-10-21(22)27(25(28)29)19-12-14-26(15-13-19)23-16-18-8-4-6-17-7-5-9-20(23)24(17)18/h2-11,19,23H,12-16H2,1H3. The molecular formula is C25H25N3O3S. The summed E-state index contributed by atoms with van der Waals surface area (Å²) in [5.74, 6) is 0. The molecule has 2 aliphatic rings. The first-order valence-corrected chi connectivity index (χ1v) is 13.0. The van der Waals surface area contributed by atoms with Gasteiger partial charge in [0.05, 0.1) is 17.3 Å². The van der Waals surface area contributed by atoms with E-state index in [-0.39, 0.29) is 6.04 Å². The molecule has 3 aromatic carbocycles. The monoisotopic (exact) mass is 447 g/mol. The van der Waals surface area contributed by atoms with Crippen molar-refractivity contribution in [1.82, 2.24) is 13.4 Å². The highest BCUT2D eigenvalue weighted by Gasteiger charge is 2.33. The van der Waals surface area contributed by atoms with Crippen LogP contribution in [0.5, 0.6) is 0 Å². The van der Waals surface area contributed by atoms with E-state index in [4.69, 9.17) is 0 Å². The first kappa shape index (κ1) is 19.8. The third-order valence-corrected chi connectivity index (χ3v) is 8.19. The minimum atomic E-state index is -3.68. The Balaban J connectivity index is 1.31. The molecule has 1 aliphatic heterocycles. The highest BCUT2D eigenvalue weighted by Crippen LogP contribution is 2.41. The lowest BCUT2D eigenvalue weighted by atomic mass is 9.99. The number of likely N-dealkylation sites (tertiary alicyclic amines) is 1. The molecule has 1 aliphatic carbocycles. The lowest BCUT2D eigenvalue weighted by molar-refractivity contribution is 0.137. The van der Waals surface area contributed by atoms with Gasteiger partial charge in [0.2, 0.25) is 10.0 Å². The van der Waals surface area contributed by atoms with E-state index < -0.39 is 15.7 Å². The van der Waals surface area contributed by atoms with E-state index in [9.17, 15) is 13.2 Å². The lowest BCUT2D eigenvalue weighted by Gasteiger charge is -2.36. The average molecular weight is 448 g/mol. The molecule has 32 heavy (non-hydrogen) atoms. The fourth-order valence-corrected chi connectivity index (χ4v) is 6.70. The third-order valence-electron chi connectivity index (χ3n) is 7.17. The maximum Gasteiger partial charge on any atom is 0.343 e. The van der Waals surface area contributed by atoms with Crippen LogP contribution < -0.4 is 5.69 Å². The van der Waals surface area contributed by atoms with E-state index in [2.05, 4.69) is 41.3 Å². The van der Waals surface area contributed by atoms with Crippen molar-refractivity contribution in [3.05, 3.63) is 82.3 Å². The van der Waals surface area contributed by atoms with E-state index in [0.29, 0.717) is 17.1 Å². The topological polar surface area (TPSA) is 64.3 Å². The van der Waals surface area contributed by atoms with Crippen LogP contribution in [0.25, 0.3) is 21.8 Å². The minimum Gasteiger partial charge on any atom is -0.296 e. The van der Waals surface area contributed by atoms with Crippen molar-refractivity contribution in [2.75, 3.05) is 19.3 Å². The van der Waals surface area contributed by atoms with Crippen LogP contribution in [0, 0.1) is 0 Å². The van der Waals surface area contributed by atoms with Gasteiger partial charge in [0, 0.05) is 25.2 Å². The van der Waals surface area contributed by atoms with Crippen molar-refractivity contribution in [1.29, 1.82) is 0 Å². The predicted molar refractivity (Wildman–Crippen MR) is 127 cm³/mol. The largest absolute Gasteiger partial charge is 0.343 e. The van der Waals surface area contributed by atoms with Gasteiger partial charge < -0.3 is 0 Å². The van der Waals surface area contributed by atoms with Gasteiger partial charge in [-0.3, -0.25) is 9.47 Å². The van der Waals surface area contributed by atoms with E-state index in [1.165, 1.54) is 21.9 Å². The molecule has 7 heteroatoms. The van der Waals surface area contributed by atoms with Crippen molar-refractivity contribution in [2.24, 2.45) is 0 Å². The Morgan fingerprint density at radius 2 is 1.56 bits per heavy atom. The lowest BCUT2D eigenvalue weighted by Crippen LogP contribution is -2.40. The molecule has 0 N–H and O–H groups in total. The molecule has 0 bridgehead atoms. The summed E-state index contributed by atoms with van der Waals surface area (Å²) in [7, 11) is -3.68. The number of fused-ring (bicyclic) bond motifs is 1. The summed E-state index contributed by atoms with van der Waals surface area (Å²) in [6.07, 6.45) is 3.75. The van der Waals surface area contributed by atoms with Crippen LogP contribution in [0.3, 0.4) is 0 Å². The predicted octanol–water partition coefficient (Wildman–Crippen LogP) is 3.70. The molecular weight excluding hydrogens is 422 g/mol. The van der Waals surface area contributed by atoms with Crippen LogP contribution in [0.2, 0.25) is 0 Å². The van der Waals surface area contributed by atoms with Gasteiger partial charge in [-0.25, -0.2) is 13.2 Å². The summed E-state index contributed by atoms with van der Waals surface area (Å²) < 4.78 is 27.3. The SMILES string of the molecule is CS(=O)(=O)n1c(=O)n(C2CCN(C3Cc4cccc5cccc3c45)CC2)c2ccccc21. The molecule has 1 unspecified atom stereocenters. The summed E-state index contributed by atoms with van der Waals surface area (Å²) in [6.45, 7) is 1.76. The molecule has 1 aromatic heterocycles. The number of benzene rings is 3. The maximum absolute atomic E-state index is 13.2. The zero-order valence-corrected chi connectivity index (χ0v) is 18.8. The Morgan fingerprint density at radius 1 is 0.875 bits per heavy atom. The second kappa shape index (κ2) is 7.05. The van der Waals surface area contributed by atoms with Gasteiger partial charge in [-0.15, -0.1) is 0 Å². The summed E-state index contributed by atoms with van der Waals surface area (Å²) in [6, 6.07) is 20.7. The molecule has 1 saturated heterocycles. The molecule has 0 spiro atoms. The fraction of sp³-hybridized carbons (Fsp3) is 0.320. The number of aromatic nitrogens is 2. The maximum atomic E-state index is 13.2. The molecule has 2 heterocycles. The molecule has 6 nitrogen and oxygen atoms in total. The summed E-state index contributed by atoms with van der Waals surface area (Å²) in [5, 5.41) is 2.70. The fourth-order valence-electron chi connectivity index (χ4n) is 5.81. The molecule has 0 radical (unpaired) electrons. The smallest absolute Gasteiger partial charge is 0.296 e. The molecule has 4 aromatic rings. The van der Waals surface area contributed by atoms with Crippen LogP contribution in [-0.2, 0) is 16.4 Å². The number of rotatable bonds is 3. The van der Waals surface area contributed by atoms with Crippen LogP contribution in [0.15, 0.2) is 65.5 Å². The molecule has 0 saturated carbocycles. The van der Waals surface area contributed by atoms with Gasteiger partial charge in [0.15, 0.2) is 0 Å². The number of para-hydroxylation sites is 2. The Labute approximate surface area is 186 Å². The molecule has 164 valence electrons. The summed E-state index contributed by atoms with van der Waals surface area (Å²) in [5.41, 5.74) is 3.52. The third kappa shape index (κ3) is 2.88. The van der Waals surface area contributed by atoms with Gasteiger partial charge >= 0.3 is 5.69 Å². The van der Waals surface area contributed by atoms with Crippen molar-refractivity contribution in [3.63, 3.8) is 0 Å². The average Bonchev–Trinajstić information content (AvgIpc) is 3.30. The number of imidazole rings is 1. The highest BCUT2D eigenvalue weighted by atomic mass is 32.2. The molecule has 1 fully saturated rings. The van der Waals surface area contributed by atoms with Gasteiger partial charge in [0.25, 0.3) is 0 Å². The Bertz CT molecular complexity index is 1520. The van der Waals surface area contributed by atoms with Crippen molar-refractivity contribution in [2.45, 2.75) is 31.3 Å². The van der Waals surface area contributed by atoms with Gasteiger partial charge in [-0.05, 0) is 53.3 Å². The van der Waals surface area contributed by atoms with Crippen molar-refractivity contribution in [3.8, 4) is 0 Å². The molecule has 0 amide bonds. The molecule has 1 atom stereocenters. The number of hydrogen-bond acceptors (Lipinski definition) is 4. The second-order valence-corrected chi connectivity index (χ2v) is 10.8. The van der Waals surface area contributed by atoms with Gasteiger partial charge in [0.1, 0.15) is 0 Å². The zero-order chi connectivity index (χ0) is 22.0. The minimum absolute atomic E-state index is 0.00813. The summed E-state index contributed by atoms with van der Waals surface area (Å²) in [4.78, 5) is 15.7. The Morgan fingerprint density at radius 3 is 2.28 bits per heavy atom. The van der Waals surface area contributed by atoms with Gasteiger partial charge in [-0.2, -0.15) is 3.97 Å². The first-order valence-electron chi connectivity index (χ1n) is 11.1. The van der Waals surface area contributed by atoms with Gasteiger partial charge in [-0.1, -0.05) is 48.5 Å². The van der Waals surface area contributed by atoms with Crippen molar-refractivity contribution < 1.29 is 8.42 Å². The van der Waals surface area contributed by atoms with E-state index in [1.807, 2.05) is 12.1 Å². The van der Waals surface area contributed by atoms with E-state index in [0.717, 1.165) is 42.6 Å². The van der Waals surface area contributed by atoms with Crippen molar-refractivity contribution >= 4 is 31.8 Å². The van der Waals surface area contributed by atoms with E-state index in [1.54, 1.807) is 16.7 Å². The zero-order valence-electron chi connectivity index (χ0n) is 17.9.